The van der Waals surface area contributed by atoms with Gasteiger partial charge >= 0.3 is 0 Å². The Labute approximate surface area is 126 Å². The van der Waals surface area contributed by atoms with Crippen molar-refractivity contribution >= 4 is 5.91 Å². The number of methoxy groups -OCH3 is 1. The van der Waals surface area contributed by atoms with E-state index in [0.717, 1.165) is 26.1 Å². The lowest BCUT2D eigenvalue weighted by atomic mass is 9.99. The maximum atomic E-state index is 11.4. The monoisotopic (exact) mass is 294 g/mol. The molecule has 118 valence electrons. The Morgan fingerprint density at radius 3 is 3.10 bits per heavy atom. The van der Waals surface area contributed by atoms with Crippen molar-refractivity contribution in [1.82, 2.24) is 20.0 Å². The molecular formula is C15H26N4O2. The second kappa shape index (κ2) is 8.14. The lowest BCUT2D eigenvalue weighted by Crippen LogP contribution is -2.41. The topological polar surface area (TPSA) is 59.4 Å². The van der Waals surface area contributed by atoms with E-state index in [2.05, 4.69) is 21.5 Å². The van der Waals surface area contributed by atoms with E-state index >= 15 is 0 Å². The van der Waals surface area contributed by atoms with Crippen molar-refractivity contribution < 1.29 is 9.53 Å². The highest BCUT2D eigenvalue weighted by Gasteiger charge is 2.22. The van der Waals surface area contributed by atoms with Crippen LogP contribution in [0.4, 0.5) is 0 Å². The third kappa shape index (κ3) is 5.13. The van der Waals surface area contributed by atoms with Crippen LogP contribution in [0.1, 0.15) is 31.2 Å². The Hall–Kier alpha value is -1.40. The highest BCUT2D eigenvalue weighted by Crippen LogP contribution is 2.21. The number of carbonyl (C=O) groups excluding carboxylic acids is 1. The number of aryl methyl sites for hydroxylation is 1. The smallest absolute Gasteiger partial charge is 0.245 e. The molecule has 0 bridgehead atoms. The zero-order valence-corrected chi connectivity index (χ0v) is 13.0. The van der Waals surface area contributed by atoms with Crippen LogP contribution in [0, 0.1) is 0 Å². The fourth-order valence-electron chi connectivity index (χ4n) is 2.94. The van der Waals surface area contributed by atoms with Crippen molar-refractivity contribution in [2.45, 2.75) is 38.3 Å². The van der Waals surface area contributed by atoms with Crippen molar-refractivity contribution in [3.8, 4) is 0 Å². The number of aromatic nitrogens is 2. The van der Waals surface area contributed by atoms with Crippen LogP contribution < -0.4 is 5.32 Å². The molecule has 6 heteroatoms. The van der Waals surface area contributed by atoms with Gasteiger partial charge in [0, 0.05) is 45.0 Å². The first kappa shape index (κ1) is 16.0. The number of rotatable bonds is 7. The Kier molecular flexibility index (Phi) is 6.20. The predicted molar refractivity (Wildman–Crippen MR) is 80.8 cm³/mol. The van der Waals surface area contributed by atoms with Crippen LogP contribution in [0.25, 0.3) is 0 Å². The average Bonchev–Trinajstić information content (AvgIpc) is 2.86. The quantitative estimate of drug-likeness (QED) is 0.812. The maximum absolute atomic E-state index is 11.4. The number of ether oxygens (including phenoxy) is 1. The normalized spacial score (nSPS) is 19.6. The van der Waals surface area contributed by atoms with Crippen molar-refractivity contribution in [2.75, 3.05) is 26.8 Å². The first-order valence-electron chi connectivity index (χ1n) is 7.66. The highest BCUT2D eigenvalue weighted by molar-refractivity contribution is 5.77. The summed E-state index contributed by atoms with van der Waals surface area (Å²) in [5.74, 6) is -0.0351. The molecule has 0 aliphatic carbocycles. The van der Waals surface area contributed by atoms with Gasteiger partial charge in [-0.05, 0) is 25.8 Å². The molecule has 2 rings (SSSR count). The first-order chi connectivity index (χ1) is 10.2. The summed E-state index contributed by atoms with van der Waals surface area (Å²) in [7, 11) is 3.48. The number of hydrogen-bond acceptors (Lipinski definition) is 4. The van der Waals surface area contributed by atoms with Gasteiger partial charge in [0.05, 0.1) is 6.20 Å². The first-order valence-corrected chi connectivity index (χ1v) is 7.66. The Bertz CT molecular complexity index is 447. The van der Waals surface area contributed by atoms with Crippen molar-refractivity contribution in [2.24, 2.45) is 7.05 Å². The summed E-state index contributed by atoms with van der Waals surface area (Å²) in [6, 6.07) is 0.543. The second-order valence-electron chi connectivity index (χ2n) is 5.71. The van der Waals surface area contributed by atoms with Gasteiger partial charge < -0.3 is 10.1 Å². The fourth-order valence-corrected chi connectivity index (χ4v) is 2.94. The zero-order valence-electron chi connectivity index (χ0n) is 13.0. The van der Waals surface area contributed by atoms with Crippen molar-refractivity contribution in [3.05, 3.63) is 18.0 Å². The molecule has 1 atom stereocenters. The van der Waals surface area contributed by atoms with E-state index in [1.54, 1.807) is 0 Å². The van der Waals surface area contributed by atoms with Gasteiger partial charge in [0.1, 0.15) is 6.61 Å². The van der Waals surface area contributed by atoms with Gasteiger partial charge in [-0.3, -0.25) is 14.4 Å². The molecule has 1 fully saturated rings. The van der Waals surface area contributed by atoms with Crippen LogP contribution in [-0.4, -0.2) is 53.4 Å². The number of piperidine rings is 1. The predicted octanol–water partition coefficient (Wildman–Crippen LogP) is 0.927. The number of likely N-dealkylation sites (tertiary alicyclic amines) is 1. The van der Waals surface area contributed by atoms with Gasteiger partial charge in [-0.2, -0.15) is 5.10 Å². The van der Waals surface area contributed by atoms with Crippen LogP contribution >= 0.6 is 0 Å². The van der Waals surface area contributed by atoms with Gasteiger partial charge in [0.15, 0.2) is 0 Å². The van der Waals surface area contributed by atoms with E-state index in [9.17, 15) is 4.79 Å². The zero-order chi connectivity index (χ0) is 15.1. The lowest BCUT2D eigenvalue weighted by Gasteiger charge is -2.35. The summed E-state index contributed by atoms with van der Waals surface area (Å²) in [6.45, 7) is 2.94. The SMILES string of the molecule is COCC(=O)NCC[C@@H]1CCCCN1Cc1cnn(C)c1. The van der Waals surface area contributed by atoms with Gasteiger partial charge in [-0.15, -0.1) is 0 Å². The molecule has 0 saturated carbocycles. The fraction of sp³-hybridized carbons (Fsp3) is 0.733. The largest absolute Gasteiger partial charge is 0.375 e. The maximum Gasteiger partial charge on any atom is 0.245 e. The molecule has 6 nitrogen and oxygen atoms in total. The molecule has 0 radical (unpaired) electrons. The molecule has 1 aromatic rings. The van der Waals surface area contributed by atoms with Crippen LogP contribution in [0.15, 0.2) is 12.4 Å². The van der Waals surface area contributed by atoms with E-state index in [1.807, 2.05) is 17.9 Å². The molecule has 1 amide bonds. The van der Waals surface area contributed by atoms with Gasteiger partial charge in [-0.25, -0.2) is 0 Å². The van der Waals surface area contributed by atoms with Crippen LogP contribution in [0.3, 0.4) is 0 Å². The molecule has 0 aromatic carbocycles. The van der Waals surface area contributed by atoms with Crippen LogP contribution in [-0.2, 0) is 23.1 Å². The number of hydrogen-bond donors (Lipinski definition) is 1. The molecule has 0 spiro atoms. The molecule has 21 heavy (non-hydrogen) atoms. The van der Waals surface area contributed by atoms with Crippen LogP contribution in [0.5, 0.6) is 0 Å². The number of nitrogens with one attached hydrogen (secondary N) is 1. The summed E-state index contributed by atoms with van der Waals surface area (Å²) < 4.78 is 6.66. The third-order valence-corrected chi connectivity index (χ3v) is 3.97. The summed E-state index contributed by atoms with van der Waals surface area (Å²) in [4.78, 5) is 13.9. The molecule has 1 aliphatic rings. The Morgan fingerprint density at radius 2 is 2.38 bits per heavy atom. The van der Waals surface area contributed by atoms with Gasteiger partial charge in [0.2, 0.25) is 5.91 Å². The number of amides is 1. The minimum Gasteiger partial charge on any atom is -0.375 e. The standard InChI is InChI=1S/C15H26N4O2/c1-18-10-13(9-17-18)11-19-8-4-3-5-14(19)6-7-16-15(20)12-21-2/h9-10,14H,3-8,11-12H2,1-2H3,(H,16,20)/t14-/m0/s1. The van der Waals surface area contributed by atoms with E-state index in [4.69, 9.17) is 4.74 Å². The van der Waals surface area contributed by atoms with Crippen molar-refractivity contribution in [1.29, 1.82) is 0 Å². The van der Waals surface area contributed by atoms with Crippen molar-refractivity contribution in [3.63, 3.8) is 0 Å². The Balaban J connectivity index is 1.79. The Morgan fingerprint density at radius 1 is 1.52 bits per heavy atom. The minimum absolute atomic E-state index is 0.0351. The van der Waals surface area contributed by atoms with Gasteiger partial charge in [-0.1, -0.05) is 6.42 Å². The van der Waals surface area contributed by atoms with E-state index < -0.39 is 0 Å². The summed E-state index contributed by atoms with van der Waals surface area (Å²) in [5.41, 5.74) is 1.26. The van der Waals surface area contributed by atoms with E-state index in [0.29, 0.717) is 6.04 Å². The summed E-state index contributed by atoms with van der Waals surface area (Å²) in [6.07, 6.45) is 8.75. The molecule has 1 aliphatic heterocycles. The number of nitrogens with zero attached hydrogens (tertiary/aromatic N) is 3. The summed E-state index contributed by atoms with van der Waals surface area (Å²) >= 11 is 0. The highest BCUT2D eigenvalue weighted by atomic mass is 16.5. The number of carbonyl (C=O) groups is 1. The van der Waals surface area contributed by atoms with Gasteiger partial charge in [0.25, 0.3) is 0 Å². The summed E-state index contributed by atoms with van der Waals surface area (Å²) in [5, 5.41) is 7.14. The third-order valence-electron chi connectivity index (χ3n) is 3.97. The average molecular weight is 294 g/mol. The molecule has 1 N–H and O–H groups in total. The molecule has 2 heterocycles. The lowest BCUT2D eigenvalue weighted by molar-refractivity contribution is -0.124. The van der Waals surface area contributed by atoms with E-state index in [-0.39, 0.29) is 12.5 Å². The van der Waals surface area contributed by atoms with Crippen LogP contribution in [0.2, 0.25) is 0 Å². The molecular weight excluding hydrogens is 268 g/mol. The van der Waals surface area contributed by atoms with E-state index in [1.165, 1.54) is 31.9 Å². The molecule has 0 unspecified atom stereocenters. The second-order valence-corrected chi connectivity index (χ2v) is 5.71. The molecule has 1 aromatic heterocycles. The minimum atomic E-state index is -0.0351. The molecule has 1 saturated heterocycles.